The number of cyclic esters (lactones) is 2. The average Bonchev–Trinajstić information content (AvgIpc) is 2.21. The summed E-state index contributed by atoms with van der Waals surface area (Å²) in [6.07, 6.45) is -1.49. The zero-order chi connectivity index (χ0) is 11.7. The van der Waals surface area contributed by atoms with Gasteiger partial charge in [-0.15, -0.1) is 0 Å². The molecule has 0 amide bonds. The summed E-state index contributed by atoms with van der Waals surface area (Å²) >= 11 is 0. The largest absolute Gasteiger partial charge is 0.448 e. The summed E-state index contributed by atoms with van der Waals surface area (Å²) in [5, 5.41) is 0. The Morgan fingerprint density at radius 2 is 1.00 bits per heavy atom. The van der Waals surface area contributed by atoms with Gasteiger partial charge in [0.1, 0.15) is 0 Å². The van der Waals surface area contributed by atoms with Crippen LogP contribution in [0, 0.1) is 0 Å². The Labute approximate surface area is 85.6 Å². The van der Waals surface area contributed by atoms with E-state index in [0.717, 1.165) is 0 Å². The molecule has 0 aromatic rings. The van der Waals surface area contributed by atoms with Crippen molar-refractivity contribution in [3.63, 3.8) is 0 Å². The summed E-state index contributed by atoms with van der Waals surface area (Å²) in [6.45, 7) is 11.0. The fourth-order valence-corrected chi connectivity index (χ4v) is 0.636. The van der Waals surface area contributed by atoms with Crippen molar-refractivity contribution in [2.75, 3.05) is 0 Å². The van der Waals surface area contributed by atoms with Crippen LogP contribution in [0.15, 0.2) is 0 Å². The number of hydrogen-bond donors (Lipinski definition) is 0. The molecule has 1 saturated heterocycles. The number of esters is 2. The predicted molar refractivity (Wildman–Crippen MR) is 53.8 cm³/mol. The van der Waals surface area contributed by atoms with Crippen molar-refractivity contribution >= 4 is 11.9 Å². The third-order valence-electron chi connectivity index (χ3n) is 1.25. The number of ether oxygens (including phenoxy) is 2. The van der Waals surface area contributed by atoms with E-state index in [0.29, 0.717) is 0 Å². The first kappa shape index (κ1) is 15.4. The first-order valence-electron chi connectivity index (χ1n) is 5.02. The molecular weight excluding hydrogens is 184 g/mol. The molecular formula is C10H20O4. The van der Waals surface area contributed by atoms with Crippen LogP contribution < -0.4 is 0 Å². The van der Waals surface area contributed by atoms with Gasteiger partial charge in [-0.05, 0) is 13.8 Å². The third-order valence-corrected chi connectivity index (χ3v) is 1.25. The van der Waals surface area contributed by atoms with Gasteiger partial charge < -0.3 is 9.47 Å². The van der Waals surface area contributed by atoms with Crippen LogP contribution in [0.5, 0.6) is 0 Å². The van der Waals surface area contributed by atoms with Crippen LogP contribution in [0.4, 0.5) is 0 Å². The molecule has 0 spiro atoms. The number of carbonyl (C=O) groups is 2. The van der Waals surface area contributed by atoms with E-state index in [-0.39, 0.29) is 0 Å². The van der Waals surface area contributed by atoms with Crippen molar-refractivity contribution in [1.82, 2.24) is 0 Å². The van der Waals surface area contributed by atoms with Gasteiger partial charge in [-0.3, -0.25) is 0 Å². The highest BCUT2D eigenvalue weighted by molar-refractivity contribution is 5.86. The van der Waals surface area contributed by atoms with Gasteiger partial charge in [0.25, 0.3) is 0 Å². The fourth-order valence-electron chi connectivity index (χ4n) is 0.636. The minimum atomic E-state index is -0.747. The molecule has 0 aromatic heterocycles. The highest BCUT2D eigenvalue weighted by Crippen LogP contribution is 2.08. The van der Waals surface area contributed by atoms with Gasteiger partial charge in [-0.2, -0.15) is 0 Å². The molecule has 1 rings (SSSR count). The van der Waals surface area contributed by atoms with Crippen LogP contribution in [0.25, 0.3) is 0 Å². The molecule has 4 nitrogen and oxygen atoms in total. The normalized spacial score (nSPS) is 24.4. The maximum Gasteiger partial charge on any atom is 0.347 e. The van der Waals surface area contributed by atoms with Crippen LogP contribution in [-0.2, 0) is 19.1 Å². The van der Waals surface area contributed by atoms with E-state index >= 15 is 0 Å². The lowest BCUT2D eigenvalue weighted by Crippen LogP contribution is -2.40. The molecule has 1 aliphatic heterocycles. The van der Waals surface area contributed by atoms with Crippen molar-refractivity contribution in [1.29, 1.82) is 0 Å². The SMILES string of the molecule is CC.CC.CC1OC(=O)C(C)OC1=O. The third kappa shape index (κ3) is 4.84. The van der Waals surface area contributed by atoms with Crippen LogP contribution in [-0.4, -0.2) is 24.1 Å². The maximum absolute atomic E-state index is 10.7. The van der Waals surface area contributed by atoms with E-state index in [1.807, 2.05) is 27.7 Å². The van der Waals surface area contributed by atoms with Crippen molar-refractivity contribution in [3.05, 3.63) is 0 Å². The Kier molecular flexibility index (Phi) is 9.40. The Hall–Kier alpha value is -1.06. The van der Waals surface area contributed by atoms with Gasteiger partial charge >= 0.3 is 11.9 Å². The lowest BCUT2D eigenvalue weighted by Gasteiger charge is -2.22. The minimum Gasteiger partial charge on any atom is -0.448 e. The van der Waals surface area contributed by atoms with E-state index < -0.39 is 24.1 Å². The van der Waals surface area contributed by atoms with Gasteiger partial charge in [-0.1, -0.05) is 27.7 Å². The Balaban J connectivity index is 0. The number of hydrogen-bond acceptors (Lipinski definition) is 4. The molecule has 0 aromatic carbocycles. The Morgan fingerprint density at radius 3 is 1.21 bits per heavy atom. The lowest BCUT2D eigenvalue weighted by atomic mass is 10.3. The quantitative estimate of drug-likeness (QED) is 0.566. The standard InChI is InChI=1S/C6H8O4.2C2H6/c1-3-5(7)10-4(2)6(8)9-3;2*1-2/h3-4H,1-2H3;2*1-2H3. The highest BCUT2D eigenvalue weighted by Gasteiger charge is 2.32. The topological polar surface area (TPSA) is 52.6 Å². The minimum absolute atomic E-state index is 0.480. The van der Waals surface area contributed by atoms with Gasteiger partial charge in [0, 0.05) is 0 Å². The second-order valence-corrected chi connectivity index (χ2v) is 2.16. The first-order valence-corrected chi connectivity index (χ1v) is 5.02. The van der Waals surface area contributed by atoms with Gasteiger partial charge in [0.05, 0.1) is 0 Å². The molecule has 1 heterocycles. The van der Waals surface area contributed by atoms with Gasteiger partial charge in [0.15, 0.2) is 12.2 Å². The van der Waals surface area contributed by atoms with E-state index in [2.05, 4.69) is 9.47 Å². The van der Waals surface area contributed by atoms with E-state index in [4.69, 9.17) is 0 Å². The smallest absolute Gasteiger partial charge is 0.347 e. The lowest BCUT2D eigenvalue weighted by molar-refractivity contribution is -0.191. The summed E-state index contributed by atoms with van der Waals surface area (Å²) in [5.74, 6) is -0.959. The molecule has 1 fully saturated rings. The average molecular weight is 204 g/mol. The number of rotatable bonds is 0. The molecule has 2 unspecified atom stereocenters. The molecule has 1 aliphatic rings. The van der Waals surface area contributed by atoms with Crippen molar-refractivity contribution in [2.45, 2.75) is 53.8 Å². The highest BCUT2D eigenvalue weighted by atomic mass is 16.6. The molecule has 0 radical (unpaired) electrons. The fraction of sp³-hybridized carbons (Fsp3) is 0.800. The maximum atomic E-state index is 10.7. The van der Waals surface area contributed by atoms with E-state index in [1.165, 1.54) is 13.8 Å². The van der Waals surface area contributed by atoms with Crippen LogP contribution in [0.1, 0.15) is 41.5 Å². The number of carbonyl (C=O) groups excluding carboxylic acids is 2. The second kappa shape index (κ2) is 8.53. The molecule has 2 atom stereocenters. The predicted octanol–water partition coefficient (Wildman–Crippen LogP) is 1.92. The van der Waals surface area contributed by atoms with Crippen molar-refractivity contribution in [2.24, 2.45) is 0 Å². The zero-order valence-corrected chi connectivity index (χ0v) is 9.79. The summed E-state index contributed by atoms with van der Waals surface area (Å²) in [6, 6.07) is 0. The van der Waals surface area contributed by atoms with Crippen molar-refractivity contribution < 1.29 is 19.1 Å². The molecule has 0 bridgehead atoms. The van der Waals surface area contributed by atoms with Crippen LogP contribution >= 0.6 is 0 Å². The second-order valence-electron chi connectivity index (χ2n) is 2.16. The summed E-state index contributed by atoms with van der Waals surface area (Å²) < 4.78 is 9.19. The summed E-state index contributed by atoms with van der Waals surface area (Å²) in [5.41, 5.74) is 0. The zero-order valence-electron chi connectivity index (χ0n) is 9.79. The molecule has 0 saturated carbocycles. The van der Waals surface area contributed by atoms with E-state index in [9.17, 15) is 9.59 Å². The Bertz CT molecular complexity index is 157. The first-order chi connectivity index (χ1) is 6.61. The Morgan fingerprint density at radius 1 is 0.786 bits per heavy atom. The molecule has 0 N–H and O–H groups in total. The summed E-state index contributed by atoms with van der Waals surface area (Å²) in [7, 11) is 0. The molecule has 84 valence electrons. The van der Waals surface area contributed by atoms with Crippen LogP contribution in [0.2, 0.25) is 0 Å². The summed E-state index contributed by atoms with van der Waals surface area (Å²) in [4.78, 5) is 21.3. The molecule has 4 heteroatoms. The molecule has 0 aliphatic carbocycles. The van der Waals surface area contributed by atoms with Crippen molar-refractivity contribution in [3.8, 4) is 0 Å². The van der Waals surface area contributed by atoms with Gasteiger partial charge in [-0.25, -0.2) is 9.59 Å². The van der Waals surface area contributed by atoms with Gasteiger partial charge in [0.2, 0.25) is 0 Å². The monoisotopic (exact) mass is 204 g/mol. The van der Waals surface area contributed by atoms with Crippen LogP contribution in [0.3, 0.4) is 0 Å². The van der Waals surface area contributed by atoms with E-state index in [1.54, 1.807) is 0 Å². The molecule has 14 heavy (non-hydrogen) atoms.